The van der Waals surface area contributed by atoms with Gasteiger partial charge in [-0.15, -0.1) is 0 Å². The van der Waals surface area contributed by atoms with Gasteiger partial charge in [-0.05, 0) is 65.0 Å². The molecule has 1 aromatic heterocycles. The Labute approximate surface area is 212 Å². The Morgan fingerprint density at radius 3 is 2.47 bits per heavy atom. The Hall–Kier alpha value is -1.85. The summed E-state index contributed by atoms with van der Waals surface area (Å²) < 4.78 is 62.8. The Balaban J connectivity index is 1.41. The molecule has 5 rings (SSSR count). The molecule has 5 atom stereocenters. The van der Waals surface area contributed by atoms with Crippen molar-refractivity contribution < 1.29 is 26.7 Å². The van der Waals surface area contributed by atoms with E-state index in [0.29, 0.717) is 50.4 Å². The fourth-order valence-corrected chi connectivity index (χ4v) is 8.23. The second kappa shape index (κ2) is 8.87. The molecule has 2 saturated heterocycles. The first-order valence-electron chi connectivity index (χ1n) is 12.9. The maximum Gasteiger partial charge on any atom is 0.254 e. The van der Waals surface area contributed by atoms with Crippen LogP contribution in [0.15, 0.2) is 17.0 Å². The second-order valence-electron chi connectivity index (χ2n) is 11.2. The van der Waals surface area contributed by atoms with Crippen molar-refractivity contribution in [2.75, 3.05) is 31.7 Å². The number of aryl methyl sites for hydroxylation is 1. The molecule has 36 heavy (non-hydrogen) atoms. The zero-order valence-corrected chi connectivity index (χ0v) is 22.2. The van der Waals surface area contributed by atoms with Gasteiger partial charge in [-0.2, -0.15) is 4.31 Å². The van der Waals surface area contributed by atoms with E-state index >= 15 is 0 Å². The first-order valence-corrected chi connectivity index (χ1v) is 14.3. The third-order valence-corrected chi connectivity index (χ3v) is 10.6. The highest BCUT2D eigenvalue weighted by atomic mass is 32.2. The molecule has 1 aromatic rings. The molecule has 2 saturated carbocycles. The summed E-state index contributed by atoms with van der Waals surface area (Å²) in [6.45, 7) is 6.95. The van der Waals surface area contributed by atoms with Crippen LogP contribution in [-0.4, -0.2) is 85.4 Å². The summed E-state index contributed by atoms with van der Waals surface area (Å²) >= 11 is 0. The van der Waals surface area contributed by atoms with E-state index in [1.54, 1.807) is 19.2 Å². The van der Waals surface area contributed by atoms with Crippen LogP contribution in [-0.2, 0) is 19.6 Å². The average Bonchev–Trinajstić information content (AvgIpc) is 3.22. The molecule has 0 bridgehead atoms. The second-order valence-corrected chi connectivity index (χ2v) is 13.1. The maximum atomic E-state index is 14.0. The van der Waals surface area contributed by atoms with E-state index in [1.165, 1.54) is 9.21 Å². The van der Waals surface area contributed by atoms with Crippen LogP contribution in [0.1, 0.15) is 58.1 Å². The van der Waals surface area contributed by atoms with E-state index in [1.807, 2.05) is 25.7 Å². The van der Waals surface area contributed by atoms with Crippen LogP contribution in [0.3, 0.4) is 0 Å². The number of anilines is 1. The lowest BCUT2D eigenvalue weighted by Crippen LogP contribution is -2.52. The van der Waals surface area contributed by atoms with Gasteiger partial charge in [0, 0.05) is 37.2 Å². The smallest absolute Gasteiger partial charge is 0.254 e. The van der Waals surface area contributed by atoms with Crippen molar-refractivity contribution in [2.45, 2.75) is 94.3 Å². The average molecular weight is 527 g/mol. The summed E-state index contributed by atoms with van der Waals surface area (Å²) in [5.74, 6) is -2.56. The number of pyridine rings is 1. The summed E-state index contributed by atoms with van der Waals surface area (Å²) in [5, 5.41) is 0. The Bertz CT molecular complexity index is 1140. The van der Waals surface area contributed by atoms with Gasteiger partial charge in [0.2, 0.25) is 15.9 Å². The van der Waals surface area contributed by atoms with E-state index in [9.17, 15) is 22.0 Å². The zero-order valence-electron chi connectivity index (χ0n) is 21.4. The summed E-state index contributed by atoms with van der Waals surface area (Å²) in [7, 11) is -2.41. The highest BCUT2D eigenvalue weighted by Crippen LogP contribution is 2.69. The molecule has 4 aliphatic rings. The molecular weight excluding hydrogens is 490 g/mol. The lowest BCUT2D eigenvalue weighted by Gasteiger charge is -2.41. The van der Waals surface area contributed by atoms with Crippen molar-refractivity contribution in [3.8, 4) is 0 Å². The topological polar surface area (TPSA) is 83.1 Å². The molecule has 11 heteroatoms. The van der Waals surface area contributed by atoms with Crippen molar-refractivity contribution in [1.82, 2.24) is 14.2 Å². The third kappa shape index (κ3) is 4.11. The zero-order chi connectivity index (χ0) is 26.0. The van der Waals surface area contributed by atoms with E-state index < -0.39 is 27.4 Å². The Kier molecular flexibility index (Phi) is 6.35. The van der Waals surface area contributed by atoms with Gasteiger partial charge >= 0.3 is 0 Å². The van der Waals surface area contributed by atoms with Crippen molar-refractivity contribution in [3.63, 3.8) is 0 Å². The number of hydrogen-bond acceptors (Lipinski definition) is 6. The molecule has 0 radical (unpaired) electrons. The van der Waals surface area contributed by atoms with Crippen LogP contribution in [0.25, 0.3) is 0 Å². The van der Waals surface area contributed by atoms with Crippen LogP contribution in [0.2, 0.25) is 0 Å². The maximum absolute atomic E-state index is 14.0. The van der Waals surface area contributed by atoms with E-state index in [2.05, 4.69) is 4.98 Å². The number of halogens is 2. The van der Waals surface area contributed by atoms with Gasteiger partial charge in [-0.25, -0.2) is 22.2 Å². The highest BCUT2D eigenvalue weighted by molar-refractivity contribution is 7.89. The van der Waals surface area contributed by atoms with Crippen LogP contribution in [0.5, 0.6) is 0 Å². The molecular formula is C25H36F2N4O4S. The van der Waals surface area contributed by atoms with Crippen molar-refractivity contribution in [2.24, 2.45) is 5.41 Å². The minimum atomic E-state index is -4.04. The number of rotatable bonds is 5. The number of hydrogen-bond donors (Lipinski definition) is 0. The minimum absolute atomic E-state index is 0.0608. The number of ether oxygens (including phenoxy) is 1. The summed E-state index contributed by atoms with van der Waals surface area (Å²) in [6, 6.07) is 2.01. The molecule has 1 amide bonds. The summed E-state index contributed by atoms with van der Waals surface area (Å²) in [6.07, 6.45) is 2.08. The fraction of sp³-hybridized carbons (Fsp3) is 0.760. The van der Waals surface area contributed by atoms with Crippen LogP contribution >= 0.6 is 0 Å². The van der Waals surface area contributed by atoms with E-state index in [4.69, 9.17) is 4.74 Å². The van der Waals surface area contributed by atoms with Crippen LogP contribution < -0.4 is 4.90 Å². The first kappa shape index (κ1) is 25.8. The minimum Gasteiger partial charge on any atom is -0.377 e. The predicted molar refractivity (Wildman–Crippen MR) is 131 cm³/mol. The van der Waals surface area contributed by atoms with Gasteiger partial charge in [0.05, 0.1) is 25.3 Å². The van der Waals surface area contributed by atoms with Crippen molar-refractivity contribution in [1.29, 1.82) is 0 Å². The molecule has 0 N–H and O–H groups in total. The molecule has 0 aromatic carbocycles. The molecule has 8 nitrogen and oxygen atoms in total. The molecule has 3 heterocycles. The summed E-state index contributed by atoms with van der Waals surface area (Å²) in [5.41, 5.74) is -0.266. The van der Waals surface area contributed by atoms with Gasteiger partial charge in [-0.3, -0.25) is 4.79 Å². The number of likely N-dealkylation sites (N-methyl/N-ethyl adjacent to an activating group) is 1. The molecule has 4 fully saturated rings. The fourth-order valence-electron chi connectivity index (χ4n) is 6.46. The number of aromatic nitrogens is 1. The molecule has 2 unspecified atom stereocenters. The van der Waals surface area contributed by atoms with Gasteiger partial charge in [0.15, 0.2) is 0 Å². The quantitative estimate of drug-likeness (QED) is 0.586. The number of morpholine rings is 1. The largest absolute Gasteiger partial charge is 0.377 e. The van der Waals surface area contributed by atoms with Gasteiger partial charge in [0.25, 0.3) is 5.92 Å². The molecule has 2 aliphatic carbocycles. The number of amides is 1. The highest BCUT2D eigenvalue weighted by Gasteiger charge is 2.72. The Morgan fingerprint density at radius 2 is 1.86 bits per heavy atom. The molecule has 1 spiro atoms. The normalized spacial score (nSPS) is 34.3. The van der Waals surface area contributed by atoms with E-state index in [-0.39, 0.29) is 48.3 Å². The monoisotopic (exact) mass is 526 g/mol. The number of sulfonamides is 1. The number of alkyl halides is 2. The molecule has 200 valence electrons. The lowest BCUT2D eigenvalue weighted by molar-refractivity contribution is -0.135. The third-order valence-electron chi connectivity index (χ3n) is 8.66. The SMILES string of the molecule is Cc1ccc(S(=O)(=O)N2CCC[C@H]2C(=O)N(C)C2CCC3(C2)CC3(F)F)c(N2[C@@H](C)COC[C@@H]2C)n1. The van der Waals surface area contributed by atoms with Gasteiger partial charge in [-0.1, -0.05) is 0 Å². The van der Waals surface area contributed by atoms with Crippen LogP contribution in [0.4, 0.5) is 14.6 Å². The first-order chi connectivity index (χ1) is 16.9. The number of carbonyl (C=O) groups is 1. The number of carbonyl (C=O) groups excluding carboxylic acids is 1. The predicted octanol–water partition coefficient (Wildman–Crippen LogP) is 3.19. The lowest BCUT2D eigenvalue weighted by atomic mass is 10.0. The van der Waals surface area contributed by atoms with Gasteiger partial charge < -0.3 is 14.5 Å². The molecule has 2 aliphatic heterocycles. The standard InChI is InChI=1S/C25H36F2N4O4S/c1-16-7-8-21(22(28-16)31-17(2)13-35-14-18(31)3)36(33,34)30-11-5-6-20(30)23(32)29(4)19-9-10-24(12-19)15-25(24,26)27/h7-8,17-20H,5-6,9-15H2,1-4H3/t17-,18-,19?,20-,24?/m0/s1. The summed E-state index contributed by atoms with van der Waals surface area (Å²) in [4.78, 5) is 21.8. The van der Waals surface area contributed by atoms with Crippen LogP contribution in [0, 0.1) is 12.3 Å². The van der Waals surface area contributed by atoms with Crippen molar-refractivity contribution in [3.05, 3.63) is 17.8 Å². The Morgan fingerprint density at radius 1 is 1.19 bits per heavy atom. The van der Waals surface area contributed by atoms with Crippen molar-refractivity contribution >= 4 is 21.7 Å². The van der Waals surface area contributed by atoms with Gasteiger partial charge in [0.1, 0.15) is 16.8 Å². The number of nitrogens with zero attached hydrogens (tertiary/aromatic N) is 4. The van der Waals surface area contributed by atoms with E-state index in [0.717, 1.165) is 0 Å².